The van der Waals surface area contributed by atoms with Gasteiger partial charge in [-0.05, 0) is 30.6 Å². The molecule has 1 aliphatic rings. The lowest BCUT2D eigenvalue weighted by atomic mass is 10.0. The van der Waals surface area contributed by atoms with E-state index >= 15 is 0 Å². The van der Waals surface area contributed by atoms with Crippen LogP contribution in [0.15, 0.2) is 54.0 Å². The molecule has 1 N–H and O–H groups in total. The van der Waals surface area contributed by atoms with E-state index < -0.39 is 52.1 Å². The lowest BCUT2D eigenvalue weighted by Crippen LogP contribution is -2.54. The fraction of sp³-hybridized carbons (Fsp3) is 0.524. The number of aliphatic hydroxyl groups excluding tert-OH is 1. The van der Waals surface area contributed by atoms with E-state index in [4.69, 9.17) is 4.43 Å². The number of benzene rings is 1. The van der Waals surface area contributed by atoms with Crippen LogP contribution in [-0.4, -0.2) is 55.9 Å². The summed E-state index contributed by atoms with van der Waals surface area (Å²) >= 11 is 0. The first kappa shape index (κ1) is 25.4. The summed E-state index contributed by atoms with van der Waals surface area (Å²) in [6.07, 6.45) is 3.32. The highest BCUT2D eigenvalue weighted by atomic mass is 32.2. The van der Waals surface area contributed by atoms with Crippen LogP contribution in [0.3, 0.4) is 0 Å². The first-order valence-electron chi connectivity index (χ1n) is 10.1. The minimum Gasteiger partial charge on any atom is -0.408 e. The second-order valence-electron chi connectivity index (χ2n) is 9.12. The number of sulfonamides is 1. The SMILES string of the molecule is C=C[C@@H](O[Si](C)(C)C(C)(C)C)[C@@H](O)[C@H]1C=CCCN1S(=O)(=O)c1ccccc1[N+](=O)[O-]. The predicted octanol–water partition coefficient (Wildman–Crippen LogP) is 3.85. The lowest BCUT2D eigenvalue weighted by Gasteiger charge is -2.42. The molecule has 31 heavy (non-hydrogen) atoms. The van der Waals surface area contributed by atoms with Gasteiger partial charge in [0.1, 0.15) is 6.10 Å². The molecule has 2 rings (SSSR count). The summed E-state index contributed by atoms with van der Waals surface area (Å²) in [5.41, 5.74) is -0.497. The molecule has 1 aromatic carbocycles. The van der Waals surface area contributed by atoms with E-state index in [1.807, 2.05) is 13.1 Å². The quantitative estimate of drug-likeness (QED) is 0.269. The molecule has 1 aromatic rings. The van der Waals surface area contributed by atoms with E-state index in [0.717, 1.165) is 10.4 Å². The summed E-state index contributed by atoms with van der Waals surface area (Å²) in [7, 11) is -6.53. The van der Waals surface area contributed by atoms with Crippen molar-refractivity contribution in [2.24, 2.45) is 0 Å². The lowest BCUT2D eigenvalue weighted by molar-refractivity contribution is -0.387. The number of nitro groups is 1. The first-order chi connectivity index (χ1) is 14.2. The van der Waals surface area contributed by atoms with Crippen molar-refractivity contribution in [3.05, 3.63) is 59.2 Å². The molecule has 0 saturated carbocycles. The molecule has 3 atom stereocenters. The van der Waals surface area contributed by atoms with Crippen LogP contribution >= 0.6 is 0 Å². The van der Waals surface area contributed by atoms with Crippen LogP contribution in [0.1, 0.15) is 27.2 Å². The van der Waals surface area contributed by atoms with E-state index in [1.54, 1.807) is 12.2 Å². The molecule has 1 heterocycles. The van der Waals surface area contributed by atoms with Crippen LogP contribution in [0.25, 0.3) is 0 Å². The van der Waals surface area contributed by atoms with Crippen molar-refractivity contribution in [1.82, 2.24) is 4.31 Å². The molecule has 10 heteroatoms. The Labute approximate surface area is 185 Å². The highest BCUT2D eigenvalue weighted by molar-refractivity contribution is 7.89. The number of hydrogen-bond acceptors (Lipinski definition) is 6. The van der Waals surface area contributed by atoms with Crippen LogP contribution in [0, 0.1) is 10.1 Å². The van der Waals surface area contributed by atoms with Gasteiger partial charge in [-0.3, -0.25) is 10.1 Å². The Balaban J connectivity index is 2.43. The fourth-order valence-corrected chi connectivity index (χ4v) is 6.21. The normalized spacial score (nSPS) is 20.3. The van der Waals surface area contributed by atoms with E-state index in [2.05, 4.69) is 27.4 Å². The largest absolute Gasteiger partial charge is 0.408 e. The first-order valence-corrected chi connectivity index (χ1v) is 14.5. The Morgan fingerprint density at radius 1 is 1.35 bits per heavy atom. The summed E-state index contributed by atoms with van der Waals surface area (Å²) in [6, 6.07) is 4.29. The number of rotatable bonds is 8. The third kappa shape index (κ3) is 5.32. The van der Waals surface area contributed by atoms with Crippen molar-refractivity contribution in [2.45, 2.75) is 68.5 Å². The zero-order valence-electron chi connectivity index (χ0n) is 18.7. The summed E-state index contributed by atoms with van der Waals surface area (Å²) in [4.78, 5) is 10.3. The number of nitrogens with zero attached hydrogens (tertiary/aromatic N) is 2. The van der Waals surface area contributed by atoms with Gasteiger partial charge >= 0.3 is 0 Å². The highest BCUT2D eigenvalue weighted by Gasteiger charge is 2.44. The molecule has 0 spiro atoms. The Hall–Kier alpha value is -1.85. The second kappa shape index (κ2) is 9.33. The molecule has 0 fully saturated rings. The summed E-state index contributed by atoms with van der Waals surface area (Å²) < 4.78 is 34.2. The number of para-hydroxylation sites is 1. The predicted molar refractivity (Wildman–Crippen MR) is 123 cm³/mol. The van der Waals surface area contributed by atoms with Crippen molar-refractivity contribution >= 4 is 24.0 Å². The van der Waals surface area contributed by atoms with Gasteiger partial charge in [0.05, 0.1) is 17.1 Å². The van der Waals surface area contributed by atoms with Crippen molar-refractivity contribution in [3.63, 3.8) is 0 Å². The number of aliphatic hydroxyl groups is 1. The van der Waals surface area contributed by atoms with Gasteiger partial charge in [0.2, 0.25) is 0 Å². The van der Waals surface area contributed by atoms with Crippen molar-refractivity contribution in [1.29, 1.82) is 0 Å². The van der Waals surface area contributed by atoms with Gasteiger partial charge in [-0.25, -0.2) is 8.42 Å². The van der Waals surface area contributed by atoms with Gasteiger partial charge in [0, 0.05) is 12.6 Å². The van der Waals surface area contributed by atoms with Crippen molar-refractivity contribution < 1.29 is 22.9 Å². The maximum absolute atomic E-state index is 13.4. The topological polar surface area (TPSA) is 110 Å². The molecular formula is C21H32N2O6SSi. The smallest absolute Gasteiger partial charge is 0.289 e. The van der Waals surface area contributed by atoms with E-state index in [0.29, 0.717) is 6.42 Å². The molecule has 0 unspecified atom stereocenters. The molecule has 8 nitrogen and oxygen atoms in total. The van der Waals surface area contributed by atoms with Gasteiger partial charge < -0.3 is 9.53 Å². The Kier molecular flexibility index (Phi) is 7.65. The van der Waals surface area contributed by atoms with Gasteiger partial charge in [0.25, 0.3) is 15.7 Å². The van der Waals surface area contributed by atoms with Gasteiger partial charge in [-0.1, -0.05) is 51.1 Å². The van der Waals surface area contributed by atoms with Crippen molar-refractivity contribution in [2.75, 3.05) is 6.54 Å². The van der Waals surface area contributed by atoms with Crippen LogP contribution in [0.2, 0.25) is 18.1 Å². The molecule has 1 aliphatic heterocycles. The number of hydrogen-bond donors (Lipinski definition) is 1. The molecule has 0 saturated heterocycles. The minimum atomic E-state index is -4.24. The number of nitro benzene ring substituents is 1. The van der Waals surface area contributed by atoms with Gasteiger partial charge in [-0.15, -0.1) is 6.58 Å². The Morgan fingerprint density at radius 2 is 1.97 bits per heavy atom. The maximum Gasteiger partial charge on any atom is 0.289 e. The van der Waals surface area contributed by atoms with Gasteiger partial charge in [-0.2, -0.15) is 4.31 Å². The Morgan fingerprint density at radius 3 is 2.52 bits per heavy atom. The third-order valence-electron chi connectivity index (χ3n) is 5.99. The molecular weight excluding hydrogens is 436 g/mol. The van der Waals surface area contributed by atoms with Crippen LogP contribution < -0.4 is 0 Å². The molecule has 172 valence electrons. The fourth-order valence-electron chi connectivity index (χ4n) is 3.17. The summed E-state index contributed by atoms with van der Waals surface area (Å²) in [5.74, 6) is 0. The average molecular weight is 469 g/mol. The van der Waals surface area contributed by atoms with E-state index in [-0.39, 0.29) is 11.6 Å². The highest BCUT2D eigenvalue weighted by Crippen LogP contribution is 2.38. The summed E-state index contributed by atoms with van der Waals surface area (Å²) in [6.45, 7) is 14.1. The maximum atomic E-state index is 13.4. The van der Waals surface area contributed by atoms with Crippen LogP contribution in [-0.2, 0) is 14.4 Å². The second-order valence-corrected chi connectivity index (χ2v) is 15.7. The third-order valence-corrected chi connectivity index (χ3v) is 12.4. The monoisotopic (exact) mass is 468 g/mol. The molecule has 0 radical (unpaired) electrons. The zero-order chi connectivity index (χ0) is 23.6. The molecule has 0 aromatic heterocycles. The molecule has 0 aliphatic carbocycles. The van der Waals surface area contributed by atoms with Crippen LogP contribution in [0.4, 0.5) is 5.69 Å². The van der Waals surface area contributed by atoms with Gasteiger partial charge in [0.15, 0.2) is 13.2 Å². The standard InChI is InChI=1S/C21H32N2O6SSi/c1-7-18(29-31(5,6)21(2,3)4)20(24)17-13-10-11-15-22(17)30(27,28)19-14-9-8-12-16(19)23(25)26/h7-10,12-14,17-18,20,24H,1,11,15H2,2-6H3/t17-,18-,20+/m1/s1. The van der Waals surface area contributed by atoms with E-state index in [9.17, 15) is 23.6 Å². The average Bonchev–Trinajstić information content (AvgIpc) is 2.70. The van der Waals surface area contributed by atoms with Crippen molar-refractivity contribution in [3.8, 4) is 0 Å². The van der Waals surface area contributed by atoms with Crippen LogP contribution in [0.5, 0.6) is 0 Å². The Bertz CT molecular complexity index is 955. The minimum absolute atomic E-state index is 0.0938. The molecule has 0 bridgehead atoms. The zero-order valence-corrected chi connectivity index (χ0v) is 20.5. The van der Waals surface area contributed by atoms with E-state index in [1.165, 1.54) is 24.3 Å². The summed E-state index contributed by atoms with van der Waals surface area (Å²) in [5, 5.41) is 22.4. The molecule has 0 amide bonds.